The first-order valence-electron chi connectivity index (χ1n) is 5.26. The Morgan fingerprint density at radius 3 is 2.00 bits per heavy atom. The molecule has 0 amide bonds. The summed E-state index contributed by atoms with van der Waals surface area (Å²) >= 11 is 0. The molecule has 2 atom stereocenters. The van der Waals surface area contributed by atoms with Crippen molar-refractivity contribution in [3.05, 3.63) is 0 Å². The maximum atomic E-state index is 5.76. The van der Waals surface area contributed by atoms with Gasteiger partial charge in [0.2, 0.25) is 0 Å². The smallest absolute Gasteiger partial charge is 0.0626 e. The normalized spacial score (nSPS) is 43.0. The molecule has 0 N–H and O–H groups in total. The van der Waals surface area contributed by atoms with Crippen molar-refractivity contribution in [2.45, 2.75) is 46.6 Å². The van der Waals surface area contributed by atoms with Crippen LogP contribution in [-0.4, -0.2) is 12.7 Å². The van der Waals surface area contributed by atoms with E-state index >= 15 is 0 Å². The molecule has 1 saturated carbocycles. The maximum Gasteiger partial charge on any atom is 0.0626 e. The van der Waals surface area contributed by atoms with Crippen molar-refractivity contribution in [3.8, 4) is 0 Å². The van der Waals surface area contributed by atoms with Crippen molar-refractivity contribution < 1.29 is 4.74 Å². The first kappa shape index (κ1) is 10.0. The lowest BCUT2D eigenvalue weighted by molar-refractivity contribution is -0.0434. The summed E-state index contributed by atoms with van der Waals surface area (Å²) in [5, 5.41) is 0. The second-order valence-electron chi connectivity index (χ2n) is 4.45. The Hall–Kier alpha value is -0.0400. The van der Waals surface area contributed by atoms with Crippen LogP contribution < -0.4 is 0 Å². The minimum Gasteiger partial charge on any atom is -0.378 e. The van der Waals surface area contributed by atoms with E-state index in [4.69, 9.17) is 4.74 Å². The Morgan fingerprint density at radius 2 is 1.58 bits per heavy atom. The fraction of sp³-hybridized carbons (Fsp3) is 1.00. The van der Waals surface area contributed by atoms with E-state index in [1.165, 1.54) is 12.8 Å². The maximum absolute atomic E-state index is 5.76. The van der Waals surface area contributed by atoms with Gasteiger partial charge in [-0.3, -0.25) is 0 Å². The Morgan fingerprint density at radius 1 is 1.08 bits per heavy atom. The molecule has 1 nitrogen and oxygen atoms in total. The molecule has 0 aliphatic heterocycles. The summed E-state index contributed by atoms with van der Waals surface area (Å²) in [6.07, 6.45) is 3.20. The van der Waals surface area contributed by atoms with Crippen LogP contribution in [0.2, 0.25) is 0 Å². The zero-order valence-corrected chi connectivity index (χ0v) is 8.84. The number of hydrogen-bond acceptors (Lipinski definition) is 1. The predicted molar refractivity (Wildman–Crippen MR) is 52.1 cm³/mol. The molecule has 0 aromatic heterocycles. The number of hydrogen-bond donors (Lipinski definition) is 0. The summed E-state index contributed by atoms with van der Waals surface area (Å²) in [6.45, 7) is 9.97. The third-order valence-corrected chi connectivity index (χ3v) is 3.03. The van der Waals surface area contributed by atoms with E-state index in [0.717, 1.165) is 24.4 Å². The second-order valence-corrected chi connectivity index (χ2v) is 4.45. The van der Waals surface area contributed by atoms with Gasteiger partial charge < -0.3 is 4.74 Å². The van der Waals surface area contributed by atoms with Crippen LogP contribution in [0, 0.1) is 17.8 Å². The summed E-state index contributed by atoms with van der Waals surface area (Å²) in [6, 6.07) is 0. The van der Waals surface area contributed by atoms with Crippen molar-refractivity contribution in [3.63, 3.8) is 0 Å². The van der Waals surface area contributed by atoms with E-state index in [-0.39, 0.29) is 0 Å². The average molecular weight is 170 g/mol. The minimum absolute atomic E-state index is 0.520. The Kier molecular flexibility index (Phi) is 3.57. The van der Waals surface area contributed by atoms with Crippen LogP contribution in [0.1, 0.15) is 40.5 Å². The molecule has 1 heteroatoms. The minimum atomic E-state index is 0.520. The molecular formula is C11H22O. The van der Waals surface area contributed by atoms with Crippen molar-refractivity contribution in [2.24, 2.45) is 17.8 Å². The lowest BCUT2D eigenvalue weighted by atomic mass is 9.75. The lowest BCUT2D eigenvalue weighted by Gasteiger charge is -2.37. The molecule has 1 aliphatic carbocycles. The van der Waals surface area contributed by atoms with E-state index in [1.807, 2.05) is 0 Å². The summed E-state index contributed by atoms with van der Waals surface area (Å²) in [5.74, 6) is 2.40. The van der Waals surface area contributed by atoms with E-state index < -0.39 is 0 Å². The van der Waals surface area contributed by atoms with Gasteiger partial charge in [0, 0.05) is 6.61 Å². The van der Waals surface area contributed by atoms with Gasteiger partial charge in [0.1, 0.15) is 0 Å². The Bertz CT molecular complexity index is 121. The van der Waals surface area contributed by atoms with E-state index in [9.17, 15) is 0 Å². The van der Waals surface area contributed by atoms with E-state index in [1.54, 1.807) is 0 Å². The zero-order chi connectivity index (χ0) is 9.14. The van der Waals surface area contributed by atoms with Gasteiger partial charge in [-0.1, -0.05) is 20.8 Å². The molecule has 0 aromatic carbocycles. The van der Waals surface area contributed by atoms with E-state index in [0.29, 0.717) is 6.10 Å². The second kappa shape index (κ2) is 4.27. The Labute approximate surface area is 76.5 Å². The molecule has 0 aromatic rings. The molecule has 1 aliphatic rings. The molecule has 0 spiro atoms. The van der Waals surface area contributed by atoms with Crippen molar-refractivity contribution in [2.75, 3.05) is 6.61 Å². The van der Waals surface area contributed by atoms with Crippen molar-refractivity contribution in [1.29, 1.82) is 0 Å². The first-order chi connectivity index (χ1) is 5.65. The summed E-state index contributed by atoms with van der Waals surface area (Å²) < 4.78 is 5.76. The molecule has 12 heavy (non-hydrogen) atoms. The van der Waals surface area contributed by atoms with Crippen LogP contribution in [-0.2, 0) is 4.74 Å². The fourth-order valence-electron chi connectivity index (χ4n) is 2.72. The summed E-state index contributed by atoms with van der Waals surface area (Å²) in [4.78, 5) is 0. The summed E-state index contributed by atoms with van der Waals surface area (Å²) in [5.41, 5.74) is 0. The average Bonchev–Trinajstić information content (AvgIpc) is 1.96. The van der Waals surface area contributed by atoms with E-state index in [2.05, 4.69) is 27.7 Å². The molecule has 0 radical (unpaired) electrons. The number of ether oxygens (including phenoxy) is 1. The highest BCUT2D eigenvalue weighted by molar-refractivity contribution is 4.81. The standard InChI is InChI=1S/C11H22O/c1-5-12-11-9(3)6-8(2)7-10(11)4/h8-11H,5-7H2,1-4H3. The van der Waals surface area contributed by atoms with Gasteiger partial charge in [-0.2, -0.15) is 0 Å². The molecule has 0 saturated heterocycles. The van der Waals surface area contributed by atoms with Gasteiger partial charge in [0.25, 0.3) is 0 Å². The van der Waals surface area contributed by atoms with Gasteiger partial charge in [0.05, 0.1) is 6.10 Å². The first-order valence-corrected chi connectivity index (χ1v) is 5.26. The van der Waals surface area contributed by atoms with Crippen LogP contribution in [0.4, 0.5) is 0 Å². The summed E-state index contributed by atoms with van der Waals surface area (Å²) in [7, 11) is 0. The van der Waals surface area contributed by atoms with Crippen LogP contribution in [0.5, 0.6) is 0 Å². The molecule has 1 rings (SSSR count). The highest BCUT2D eigenvalue weighted by Gasteiger charge is 2.31. The Balaban J connectivity index is 2.48. The van der Waals surface area contributed by atoms with Crippen LogP contribution in [0.3, 0.4) is 0 Å². The highest BCUT2D eigenvalue weighted by Crippen LogP contribution is 2.34. The number of rotatable bonds is 2. The third kappa shape index (κ3) is 2.22. The topological polar surface area (TPSA) is 9.23 Å². The van der Waals surface area contributed by atoms with Gasteiger partial charge in [-0.15, -0.1) is 0 Å². The third-order valence-electron chi connectivity index (χ3n) is 3.03. The molecule has 0 heterocycles. The highest BCUT2D eigenvalue weighted by atomic mass is 16.5. The van der Waals surface area contributed by atoms with Crippen LogP contribution >= 0.6 is 0 Å². The monoisotopic (exact) mass is 170 g/mol. The van der Waals surface area contributed by atoms with Crippen molar-refractivity contribution in [1.82, 2.24) is 0 Å². The zero-order valence-electron chi connectivity index (χ0n) is 8.84. The molecular weight excluding hydrogens is 148 g/mol. The quantitative estimate of drug-likeness (QED) is 0.619. The van der Waals surface area contributed by atoms with Crippen LogP contribution in [0.15, 0.2) is 0 Å². The lowest BCUT2D eigenvalue weighted by Crippen LogP contribution is -2.35. The van der Waals surface area contributed by atoms with Gasteiger partial charge in [-0.25, -0.2) is 0 Å². The molecule has 72 valence electrons. The predicted octanol–water partition coefficient (Wildman–Crippen LogP) is 3.09. The van der Waals surface area contributed by atoms with Crippen molar-refractivity contribution >= 4 is 0 Å². The van der Waals surface area contributed by atoms with Gasteiger partial charge in [0.15, 0.2) is 0 Å². The van der Waals surface area contributed by atoms with Gasteiger partial charge in [-0.05, 0) is 37.5 Å². The largest absolute Gasteiger partial charge is 0.378 e. The van der Waals surface area contributed by atoms with Crippen LogP contribution in [0.25, 0.3) is 0 Å². The molecule has 1 fully saturated rings. The molecule has 2 unspecified atom stereocenters. The SMILES string of the molecule is CCOC1C(C)CC(C)CC1C. The van der Waals surface area contributed by atoms with Gasteiger partial charge >= 0.3 is 0 Å². The molecule has 0 bridgehead atoms. The fourth-order valence-corrected chi connectivity index (χ4v) is 2.72.